The molecule has 0 atom stereocenters. The van der Waals surface area contributed by atoms with E-state index < -0.39 is 0 Å². The topological polar surface area (TPSA) is 51.0 Å². The molecule has 0 saturated heterocycles. The summed E-state index contributed by atoms with van der Waals surface area (Å²) < 4.78 is 6.64. The van der Waals surface area contributed by atoms with E-state index in [-0.39, 0.29) is 0 Å². The predicted molar refractivity (Wildman–Crippen MR) is 74.4 cm³/mol. The zero-order chi connectivity index (χ0) is 13.0. The first-order valence-corrected chi connectivity index (χ1v) is 6.73. The minimum absolute atomic E-state index is 0.574. The maximum absolute atomic E-state index is 5.67. The smallest absolute Gasteiger partial charge is 0.248 e. The van der Waals surface area contributed by atoms with Crippen LogP contribution in [0.5, 0.6) is 0 Å². The molecule has 0 aliphatic rings. The van der Waals surface area contributed by atoms with Crippen LogP contribution < -0.4 is 5.32 Å². The number of hydrogen-bond donors (Lipinski definition) is 1. The van der Waals surface area contributed by atoms with Crippen molar-refractivity contribution >= 4 is 15.9 Å². The Morgan fingerprint density at radius 2 is 2.17 bits per heavy atom. The molecule has 2 aromatic rings. The van der Waals surface area contributed by atoms with Crippen molar-refractivity contribution in [2.45, 2.75) is 19.8 Å². The largest absolute Gasteiger partial charge is 0.421 e. The van der Waals surface area contributed by atoms with Crippen molar-refractivity contribution in [3.8, 4) is 11.5 Å². The molecule has 18 heavy (non-hydrogen) atoms. The van der Waals surface area contributed by atoms with Crippen LogP contribution in [0.1, 0.15) is 17.9 Å². The number of benzene rings is 1. The molecule has 0 saturated carbocycles. The van der Waals surface area contributed by atoms with E-state index in [2.05, 4.69) is 31.4 Å². The Balaban J connectivity index is 2.16. The van der Waals surface area contributed by atoms with Crippen LogP contribution in [0.2, 0.25) is 0 Å². The second-order valence-electron chi connectivity index (χ2n) is 4.19. The normalized spacial score (nSPS) is 10.8. The Hall–Kier alpha value is -1.20. The van der Waals surface area contributed by atoms with E-state index in [1.165, 1.54) is 5.56 Å². The van der Waals surface area contributed by atoms with Gasteiger partial charge in [-0.15, -0.1) is 10.2 Å². The van der Waals surface area contributed by atoms with E-state index in [4.69, 9.17) is 4.42 Å². The summed E-state index contributed by atoms with van der Waals surface area (Å²) in [6.07, 6.45) is 1.80. The molecule has 0 radical (unpaired) electrons. The minimum Gasteiger partial charge on any atom is -0.421 e. The van der Waals surface area contributed by atoms with Crippen LogP contribution in [0.3, 0.4) is 0 Å². The number of nitrogens with zero attached hydrogens (tertiary/aromatic N) is 2. The van der Waals surface area contributed by atoms with Crippen LogP contribution in [0.25, 0.3) is 11.5 Å². The highest BCUT2D eigenvalue weighted by atomic mass is 79.9. The summed E-state index contributed by atoms with van der Waals surface area (Å²) in [7, 11) is 1.93. The Morgan fingerprint density at radius 3 is 2.94 bits per heavy atom. The van der Waals surface area contributed by atoms with Gasteiger partial charge in [-0.25, -0.2) is 0 Å². The number of rotatable bonds is 5. The Kier molecular flexibility index (Phi) is 4.49. The van der Waals surface area contributed by atoms with Gasteiger partial charge in [-0.2, -0.15) is 0 Å². The van der Waals surface area contributed by atoms with Crippen LogP contribution in [0.4, 0.5) is 0 Å². The molecule has 5 heteroatoms. The van der Waals surface area contributed by atoms with E-state index in [0.717, 1.165) is 29.4 Å². The standard InChI is InChI=1S/C13H16BrN3O/c1-9-5-6-11(14)10(8-9)13-17-16-12(18-13)4-3-7-15-2/h5-6,8,15H,3-4,7H2,1-2H3. The third kappa shape index (κ3) is 3.17. The van der Waals surface area contributed by atoms with Crippen LogP contribution in [0.15, 0.2) is 27.1 Å². The third-order valence-electron chi connectivity index (χ3n) is 2.64. The second kappa shape index (κ2) is 6.11. The van der Waals surface area contributed by atoms with Crippen molar-refractivity contribution in [3.05, 3.63) is 34.1 Å². The van der Waals surface area contributed by atoms with Gasteiger partial charge in [-0.3, -0.25) is 0 Å². The SMILES string of the molecule is CNCCCc1nnc(-c2cc(C)ccc2Br)o1. The van der Waals surface area contributed by atoms with Gasteiger partial charge in [-0.1, -0.05) is 11.6 Å². The van der Waals surface area contributed by atoms with Crippen molar-refractivity contribution in [1.82, 2.24) is 15.5 Å². The monoisotopic (exact) mass is 309 g/mol. The molecule has 0 fully saturated rings. The summed E-state index contributed by atoms with van der Waals surface area (Å²) in [5.74, 6) is 1.26. The van der Waals surface area contributed by atoms with E-state index >= 15 is 0 Å². The quantitative estimate of drug-likeness (QED) is 0.863. The first-order valence-electron chi connectivity index (χ1n) is 5.94. The molecule has 1 heterocycles. The zero-order valence-corrected chi connectivity index (χ0v) is 12.1. The molecular formula is C13H16BrN3O. The molecule has 0 unspecified atom stereocenters. The minimum atomic E-state index is 0.574. The number of aromatic nitrogens is 2. The highest BCUT2D eigenvalue weighted by molar-refractivity contribution is 9.10. The lowest BCUT2D eigenvalue weighted by Gasteiger charge is -2.00. The molecule has 0 spiro atoms. The molecular weight excluding hydrogens is 294 g/mol. The number of nitrogens with one attached hydrogen (secondary N) is 1. The van der Waals surface area contributed by atoms with Crippen LogP contribution >= 0.6 is 15.9 Å². The Bertz CT molecular complexity index is 525. The molecule has 0 amide bonds. The summed E-state index contributed by atoms with van der Waals surface area (Å²) >= 11 is 3.50. The number of hydrogen-bond acceptors (Lipinski definition) is 4. The summed E-state index contributed by atoms with van der Waals surface area (Å²) in [4.78, 5) is 0. The summed E-state index contributed by atoms with van der Waals surface area (Å²) in [6, 6.07) is 6.07. The second-order valence-corrected chi connectivity index (χ2v) is 5.05. The highest BCUT2D eigenvalue weighted by Crippen LogP contribution is 2.28. The lowest BCUT2D eigenvalue weighted by Crippen LogP contribution is -2.08. The molecule has 1 aromatic heterocycles. The molecule has 0 aliphatic heterocycles. The fourth-order valence-corrected chi connectivity index (χ4v) is 2.10. The Labute approximate surface area is 115 Å². The van der Waals surface area contributed by atoms with Crippen LogP contribution in [0, 0.1) is 6.92 Å². The lowest BCUT2D eigenvalue weighted by molar-refractivity contribution is 0.494. The zero-order valence-electron chi connectivity index (χ0n) is 10.5. The van der Waals surface area contributed by atoms with Crippen molar-refractivity contribution in [2.75, 3.05) is 13.6 Å². The van der Waals surface area contributed by atoms with Gasteiger partial charge < -0.3 is 9.73 Å². The number of halogens is 1. The van der Waals surface area contributed by atoms with E-state index in [9.17, 15) is 0 Å². The van der Waals surface area contributed by atoms with E-state index in [0.29, 0.717) is 11.8 Å². The number of aryl methyl sites for hydroxylation is 2. The fourth-order valence-electron chi connectivity index (χ4n) is 1.68. The first kappa shape index (κ1) is 13.2. The molecule has 1 aromatic carbocycles. The van der Waals surface area contributed by atoms with Crippen LogP contribution in [-0.4, -0.2) is 23.8 Å². The average molecular weight is 310 g/mol. The predicted octanol–water partition coefficient (Wildman–Crippen LogP) is 2.96. The molecule has 2 rings (SSSR count). The average Bonchev–Trinajstić information content (AvgIpc) is 2.81. The van der Waals surface area contributed by atoms with Gasteiger partial charge in [0, 0.05) is 10.9 Å². The summed E-state index contributed by atoms with van der Waals surface area (Å²) in [5.41, 5.74) is 2.12. The molecule has 0 aliphatic carbocycles. The van der Waals surface area contributed by atoms with Crippen molar-refractivity contribution in [2.24, 2.45) is 0 Å². The summed E-state index contributed by atoms with van der Waals surface area (Å²) in [6.45, 7) is 2.99. The molecule has 0 bridgehead atoms. The maximum atomic E-state index is 5.67. The van der Waals surface area contributed by atoms with Gasteiger partial charge in [0.15, 0.2) is 0 Å². The molecule has 1 N–H and O–H groups in total. The van der Waals surface area contributed by atoms with Crippen LogP contribution in [-0.2, 0) is 6.42 Å². The van der Waals surface area contributed by atoms with Gasteiger partial charge in [0.25, 0.3) is 0 Å². The van der Waals surface area contributed by atoms with Gasteiger partial charge >= 0.3 is 0 Å². The van der Waals surface area contributed by atoms with Gasteiger partial charge in [0.05, 0.1) is 5.56 Å². The van der Waals surface area contributed by atoms with E-state index in [1.54, 1.807) is 0 Å². The van der Waals surface area contributed by atoms with Crippen molar-refractivity contribution < 1.29 is 4.42 Å². The van der Waals surface area contributed by atoms with Gasteiger partial charge in [0.1, 0.15) is 0 Å². The lowest BCUT2D eigenvalue weighted by atomic mass is 10.1. The van der Waals surface area contributed by atoms with E-state index in [1.807, 2.05) is 32.2 Å². The maximum Gasteiger partial charge on any atom is 0.248 e. The highest BCUT2D eigenvalue weighted by Gasteiger charge is 2.11. The third-order valence-corrected chi connectivity index (χ3v) is 3.33. The van der Waals surface area contributed by atoms with Gasteiger partial charge in [-0.05, 0) is 55.0 Å². The first-order chi connectivity index (χ1) is 8.70. The summed E-state index contributed by atoms with van der Waals surface area (Å²) in [5, 5.41) is 11.3. The molecule has 4 nitrogen and oxygen atoms in total. The molecule has 96 valence electrons. The van der Waals surface area contributed by atoms with Crippen molar-refractivity contribution in [3.63, 3.8) is 0 Å². The Morgan fingerprint density at radius 1 is 1.33 bits per heavy atom. The fraction of sp³-hybridized carbons (Fsp3) is 0.385. The van der Waals surface area contributed by atoms with Gasteiger partial charge in [0.2, 0.25) is 11.8 Å². The van der Waals surface area contributed by atoms with Crippen molar-refractivity contribution in [1.29, 1.82) is 0 Å².